The minimum Gasteiger partial charge on any atom is -0.379 e. The van der Waals surface area contributed by atoms with E-state index in [0.29, 0.717) is 12.0 Å². The zero-order valence-electron chi connectivity index (χ0n) is 12.9. The van der Waals surface area contributed by atoms with E-state index in [1.807, 2.05) is 0 Å². The number of hydrogen-bond donors (Lipinski definition) is 1. The Kier molecular flexibility index (Phi) is 7.76. The molecular weight excluding hydrogens is 234 g/mol. The van der Waals surface area contributed by atoms with Crippen LogP contribution in [0.4, 0.5) is 0 Å². The van der Waals surface area contributed by atoms with Gasteiger partial charge in [-0.1, -0.05) is 52.0 Å². The molecule has 0 bridgehead atoms. The number of hydrogen-bond acceptors (Lipinski definition) is 2. The van der Waals surface area contributed by atoms with E-state index in [2.05, 4.69) is 57.3 Å². The fourth-order valence-corrected chi connectivity index (χ4v) is 2.27. The van der Waals surface area contributed by atoms with Crippen molar-refractivity contribution in [1.82, 2.24) is 5.32 Å². The van der Waals surface area contributed by atoms with E-state index in [1.165, 1.54) is 11.1 Å². The summed E-state index contributed by atoms with van der Waals surface area (Å²) in [6, 6.07) is 9.22. The molecule has 0 saturated heterocycles. The molecule has 0 heterocycles. The second kappa shape index (κ2) is 9.11. The van der Waals surface area contributed by atoms with Gasteiger partial charge in [0.2, 0.25) is 0 Å². The maximum absolute atomic E-state index is 5.71. The Balaban J connectivity index is 2.71. The maximum atomic E-state index is 5.71. The fourth-order valence-electron chi connectivity index (χ4n) is 2.27. The fraction of sp³-hybridized carbons (Fsp3) is 0.647. The molecule has 0 fully saturated rings. The molecule has 2 nitrogen and oxygen atoms in total. The summed E-state index contributed by atoms with van der Waals surface area (Å²) in [5.74, 6) is 0.698. The zero-order chi connectivity index (χ0) is 14.1. The molecule has 0 aromatic heterocycles. The predicted molar refractivity (Wildman–Crippen MR) is 82.5 cm³/mol. The van der Waals surface area contributed by atoms with Gasteiger partial charge in [0.1, 0.15) is 0 Å². The Hall–Kier alpha value is -0.860. The van der Waals surface area contributed by atoms with E-state index in [9.17, 15) is 0 Å². The Bertz CT molecular complexity index is 349. The molecule has 0 aliphatic carbocycles. The lowest BCUT2D eigenvalue weighted by molar-refractivity contribution is 0.112. The number of nitrogens with one attached hydrogen (secondary N) is 1. The van der Waals surface area contributed by atoms with E-state index in [-0.39, 0.29) is 0 Å². The first-order valence-electron chi connectivity index (χ1n) is 7.57. The van der Waals surface area contributed by atoms with Gasteiger partial charge >= 0.3 is 0 Å². The highest BCUT2D eigenvalue weighted by atomic mass is 16.5. The molecule has 2 heteroatoms. The van der Waals surface area contributed by atoms with Crippen molar-refractivity contribution in [3.63, 3.8) is 0 Å². The van der Waals surface area contributed by atoms with Gasteiger partial charge in [-0.3, -0.25) is 0 Å². The minimum atomic E-state index is 0.309. The summed E-state index contributed by atoms with van der Waals surface area (Å²) in [4.78, 5) is 0. The van der Waals surface area contributed by atoms with Crippen molar-refractivity contribution in [3.05, 3.63) is 35.4 Å². The standard InChI is InChI=1S/C17H29NO/c1-5-10-19-13-17(18-6-2)16-9-7-8-15(12-16)11-14(3)4/h7-9,12,14,17-18H,5-6,10-11,13H2,1-4H3. The molecular formula is C17H29NO. The van der Waals surface area contributed by atoms with E-state index < -0.39 is 0 Å². The van der Waals surface area contributed by atoms with Crippen LogP contribution >= 0.6 is 0 Å². The van der Waals surface area contributed by atoms with Crippen LogP contribution in [0.2, 0.25) is 0 Å². The van der Waals surface area contributed by atoms with Crippen LogP contribution in [-0.4, -0.2) is 19.8 Å². The molecule has 0 spiro atoms. The Morgan fingerprint density at radius 3 is 2.63 bits per heavy atom. The topological polar surface area (TPSA) is 21.3 Å². The molecule has 108 valence electrons. The molecule has 0 aliphatic heterocycles. The normalized spacial score (nSPS) is 12.9. The summed E-state index contributed by atoms with van der Waals surface area (Å²) in [5.41, 5.74) is 2.77. The second-order valence-corrected chi connectivity index (χ2v) is 5.53. The number of ether oxygens (including phenoxy) is 1. The van der Waals surface area contributed by atoms with E-state index >= 15 is 0 Å². The zero-order valence-corrected chi connectivity index (χ0v) is 12.9. The highest BCUT2D eigenvalue weighted by Gasteiger charge is 2.11. The quantitative estimate of drug-likeness (QED) is 0.681. The summed E-state index contributed by atoms with van der Waals surface area (Å²) < 4.78 is 5.71. The molecule has 1 aromatic carbocycles. The van der Waals surface area contributed by atoms with Gasteiger partial charge in [-0.2, -0.15) is 0 Å². The second-order valence-electron chi connectivity index (χ2n) is 5.53. The van der Waals surface area contributed by atoms with Gasteiger partial charge in [0.25, 0.3) is 0 Å². The number of benzene rings is 1. The molecule has 1 atom stereocenters. The van der Waals surface area contributed by atoms with Crippen LogP contribution in [0.5, 0.6) is 0 Å². The van der Waals surface area contributed by atoms with Gasteiger partial charge in [-0.05, 0) is 36.4 Å². The van der Waals surface area contributed by atoms with Crippen LogP contribution < -0.4 is 5.32 Å². The molecule has 1 unspecified atom stereocenters. The van der Waals surface area contributed by atoms with Gasteiger partial charge < -0.3 is 10.1 Å². The Morgan fingerprint density at radius 2 is 2.00 bits per heavy atom. The molecule has 0 amide bonds. The van der Waals surface area contributed by atoms with Crippen molar-refractivity contribution in [2.45, 2.75) is 46.6 Å². The van der Waals surface area contributed by atoms with Crippen molar-refractivity contribution in [2.24, 2.45) is 5.92 Å². The molecule has 0 radical (unpaired) electrons. The van der Waals surface area contributed by atoms with Crippen LogP contribution in [0, 0.1) is 5.92 Å². The van der Waals surface area contributed by atoms with Gasteiger partial charge in [0.15, 0.2) is 0 Å². The van der Waals surface area contributed by atoms with Crippen LogP contribution in [0.25, 0.3) is 0 Å². The highest BCUT2D eigenvalue weighted by molar-refractivity contribution is 5.26. The lowest BCUT2D eigenvalue weighted by Crippen LogP contribution is -2.25. The average Bonchev–Trinajstić information content (AvgIpc) is 2.37. The average molecular weight is 263 g/mol. The molecule has 0 aliphatic rings. The van der Waals surface area contributed by atoms with Crippen molar-refractivity contribution < 1.29 is 4.74 Å². The minimum absolute atomic E-state index is 0.309. The van der Waals surface area contributed by atoms with E-state index in [0.717, 1.165) is 32.6 Å². The van der Waals surface area contributed by atoms with Crippen molar-refractivity contribution in [3.8, 4) is 0 Å². The van der Waals surface area contributed by atoms with Crippen molar-refractivity contribution in [2.75, 3.05) is 19.8 Å². The summed E-state index contributed by atoms with van der Waals surface area (Å²) >= 11 is 0. The molecule has 0 saturated carbocycles. The van der Waals surface area contributed by atoms with Crippen LogP contribution in [0.3, 0.4) is 0 Å². The van der Waals surface area contributed by atoms with Gasteiger partial charge in [-0.15, -0.1) is 0 Å². The van der Waals surface area contributed by atoms with Crippen LogP contribution in [-0.2, 0) is 11.2 Å². The number of likely N-dealkylation sites (N-methyl/N-ethyl adjacent to an activating group) is 1. The first-order chi connectivity index (χ1) is 9.17. The third kappa shape index (κ3) is 6.22. The summed E-state index contributed by atoms with van der Waals surface area (Å²) in [6.07, 6.45) is 2.22. The van der Waals surface area contributed by atoms with Gasteiger partial charge in [-0.25, -0.2) is 0 Å². The van der Waals surface area contributed by atoms with E-state index in [4.69, 9.17) is 4.74 Å². The first-order valence-corrected chi connectivity index (χ1v) is 7.57. The first kappa shape index (κ1) is 16.2. The number of rotatable bonds is 9. The van der Waals surface area contributed by atoms with Crippen LogP contribution in [0.15, 0.2) is 24.3 Å². The molecule has 1 aromatic rings. The predicted octanol–water partition coefficient (Wildman–Crippen LogP) is 3.96. The Labute approximate surface area is 118 Å². The highest BCUT2D eigenvalue weighted by Crippen LogP contribution is 2.17. The summed E-state index contributed by atoms with van der Waals surface area (Å²) in [7, 11) is 0. The van der Waals surface area contributed by atoms with Crippen LogP contribution in [0.1, 0.15) is 51.3 Å². The largest absolute Gasteiger partial charge is 0.379 e. The lowest BCUT2D eigenvalue weighted by atomic mass is 9.98. The molecule has 1 rings (SSSR count). The van der Waals surface area contributed by atoms with Crippen molar-refractivity contribution >= 4 is 0 Å². The van der Waals surface area contributed by atoms with Gasteiger partial charge in [0.05, 0.1) is 12.6 Å². The lowest BCUT2D eigenvalue weighted by Gasteiger charge is -2.19. The maximum Gasteiger partial charge on any atom is 0.0661 e. The monoisotopic (exact) mass is 263 g/mol. The Morgan fingerprint density at radius 1 is 1.21 bits per heavy atom. The SMILES string of the molecule is CCCOCC(NCC)c1cccc(CC(C)C)c1. The van der Waals surface area contributed by atoms with Crippen molar-refractivity contribution in [1.29, 1.82) is 0 Å². The summed E-state index contributed by atoms with van der Waals surface area (Å²) in [5, 5.41) is 3.51. The smallest absolute Gasteiger partial charge is 0.0661 e. The molecule has 1 N–H and O–H groups in total. The summed E-state index contributed by atoms with van der Waals surface area (Å²) in [6.45, 7) is 11.4. The van der Waals surface area contributed by atoms with Gasteiger partial charge in [0, 0.05) is 6.61 Å². The third-order valence-corrected chi connectivity index (χ3v) is 3.08. The van der Waals surface area contributed by atoms with E-state index in [1.54, 1.807) is 0 Å². The third-order valence-electron chi connectivity index (χ3n) is 3.08. The molecule has 19 heavy (non-hydrogen) atoms.